The van der Waals surface area contributed by atoms with Crippen LogP contribution in [0.1, 0.15) is 53.4 Å². The lowest BCUT2D eigenvalue weighted by atomic mass is 9.99. The van der Waals surface area contributed by atoms with Gasteiger partial charge in [-0.05, 0) is 24.7 Å². The molecule has 0 aromatic carbocycles. The molecule has 9 nitrogen and oxygen atoms in total. The fraction of sp³-hybridized carbons (Fsp3) is 0.789. The van der Waals surface area contributed by atoms with Crippen LogP contribution in [-0.2, 0) is 19.2 Å². The molecule has 28 heavy (non-hydrogen) atoms. The second-order valence-electron chi connectivity index (χ2n) is 7.58. The van der Waals surface area contributed by atoms with E-state index in [0.717, 1.165) is 6.42 Å². The first-order valence-electron chi connectivity index (χ1n) is 9.99. The van der Waals surface area contributed by atoms with Crippen LogP contribution in [0.3, 0.4) is 0 Å². The van der Waals surface area contributed by atoms with Crippen molar-refractivity contribution in [2.45, 2.75) is 71.5 Å². The van der Waals surface area contributed by atoms with E-state index in [4.69, 9.17) is 5.73 Å². The summed E-state index contributed by atoms with van der Waals surface area (Å²) in [5.41, 5.74) is 5.85. The highest BCUT2D eigenvalue weighted by molar-refractivity contribution is 5.93. The molecule has 0 aromatic heterocycles. The number of nitrogens with two attached hydrogens (primary N) is 1. The largest absolute Gasteiger partial charge is 0.480 e. The molecule has 9 heteroatoms. The molecule has 1 aliphatic rings. The third-order valence-electron chi connectivity index (χ3n) is 5.63. The van der Waals surface area contributed by atoms with Gasteiger partial charge < -0.3 is 26.4 Å². The molecule has 0 aromatic rings. The maximum atomic E-state index is 12.6. The van der Waals surface area contributed by atoms with Gasteiger partial charge in [0.05, 0.1) is 12.6 Å². The Morgan fingerprint density at radius 1 is 1.14 bits per heavy atom. The number of carbonyl (C=O) groups is 4. The third-order valence-corrected chi connectivity index (χ3v) is 5.63. The number of amides is 3. The Morgan fingerprint density at radius 3 is 2.29 bits per heavy atom. The maximum absolute atomic E-state index is 12.6. The highest BCUT2D eigenvalue weighted by Gasteiger charge is 2.36. The predicted octanol–water partition coefficient (Wildman–Crippen LogP) is 0.0825. The summed E-state index contributed by atoms with van der Waals surface area (Å²) in [6.07, 6.45) is 2.46. The zero-order chi connectivity index (χ0) is 21.4. The van der Waals surface area contributed by atoms with E-state index >= 15 is 0 Å². The molecular weight excluding hydrogens is 364 g/mol. The fourth-order valence-electron chi connectivity index (χ4n) is 3.16. The van der Waals surface area contributed by atoms with Crippen molar-refractivity contribution in [3.05, 3.63) is 0 Å². The number of carboxylic acids is 1. The summed E-state index contributed by atoms with van der Waals surface area (Å²) in [4.78, 5) is 50.0. The minimum Gasteiger partial charge on any atom is -0.480 e. The van der Waals surface area contributed by atoms with Crippen molar-refractivity contribution in [3.63, 3.8) is 0 Å². The van der Waals surface area contributed by atoms with Crippen LogP contribution >= 0.6 is 0 Å². The molecule has 3 amide bonds. The van der Waals surface area contributed by atoms with Gasteiger partial charge in [-0.15, -0.1) is 0 Å². The topological polar surface area (TPSA) is 142 Å². The van der Waals surface area contributed by atoms with Crippen LogP contribution in [0.4, 0.5) is 0 Å². The quantitative estimate of drug-likeness (QED) is 0.411. The second kappa shape index (κ2) is 11.0. The number of hydrogen-bond donors (Lipinski definition) is 4. The molecule has 0 aliphatic carbocycles. The smallest absolute Gasteiger partial charge is 0.326 e. The Morgan fingerprint density at radius 2 is 1.75 bits per heavy atom. The van der Waals surface area contributed by atoms with E-state index in [1.54, 1.807) is 6.92 Å². The summed E-state index contributed by atoms with van der Waals surface area (Å²) >= 11 is 0. The van der Waals surface area contributed by atoms with Gasteiger partial charge >= 0.3 is 5.97 Å². The van der Waals surface area contributed by atoms with Gasteiger partial charge in [-0.25, -0.2) is 4.79 Å². The van der Waals surface area contributed by atoms with E-state index in [9.17, 15) is 24.3 Å². The summed E-state index contributed by atoms with van der Waals surface area (Å²) in [5, 5.41) is 14.4. The fourth-order valence-corrected chi connectivity index (χ4v) is 3.16. The highest BCUT2D eigenvalue weighted by Crippen LogP contribution is 2.18. The number of likely N-dealkylation sites (tertiary alicyclic amines) is 1. The van der Waals surface area contributed by atoms with Crippen molar-refractivity contribution < 1.29 is 24.3 Å². The van der Waals surface area contributed by atoms with Crippen molar-refractivity contribution in [3.8, 4) is 0 Å². The molecule has 0 saturated carbocycles. The summed E-state index contributed by atoms with van der Waals surface area (Å²) in [6.45, 7) is 7.56. The van der Waals surface area contributed by atoms with Crippen LogP contribution in [0.2, 0.25) is 0 Å². The van der Waals surface area contributed by atoms with E-state index in [1.807, 2.05) is 20.8 Å². The molecule has 5 atom stereocenters. The zero-order valence-electron chi connectivity index (χ0n) is 17.2. The van der Waals surface area contributed by atoms with Crippen molar-refractivity contribution in [1.82, 2.24) is 15.5 Å². The van der Waals surface area contributed by atoms with E-state index < -0.39 is 35.9 Å². The Labute approximate surface area is 166 Å². The van der Waals surface area contributed by atoms with Gasteiger partial charge in [0, 0.05) is 6.54 Å². The number of carbonyl (C=O) groups excluding carboxylic acids is 3. The summed E-state index contributed by atoms with van der Waals surface area (Å²) in [5.74, 6) is -2.57. The molecule has 5 N–H and O–H groups in total. The summed E-state index contributed by atoms with van der Waals surface area (Å²) in [6, 6.07) is -2.41. The van der Waals surface area contributed by atoms with Crippen LogP contribution in [0.5, 0.6) is 0 Å². The highest BCUT2D eigenvalue weighted by atomic mass is 16.4. The molecule has 0 radical (unpaired) electrons. The summed E-state index contributed by atoms with van der Waals surface area (Å²) in [7, 11) is 0. The first-order valence-corrected chi connectivity index (χ1v) is 9.99. The van der Waals surface area contributed by atoms with E-state index in [-0.39, 0.29) is 24.3 Å². The molecule has 1 fully saturated rings. The van der Waals surface area contributed by atoms with E-state index in [1.165, 1.54) is 4.90 Å². The average Bonchev–Trinajstić information content (AvgIpc) is 3.17. The van der Waals surface area contributed by atoms with Crippen LogP contribution in [0.15, 0.2) is 0 Å². The van der Waals surface area contributed by atoms with Crippen molar-refractivity contribution >= 4 is 23.7 Å². The van der Waals surface area contributed by atoms with Gasteiger partial charge in [0.15, 0.2) is 0 Å². The average molecular weight is 399 g/mol. The van der Waals surface area contributed by atoms with E-state index in [2.05, 4.69) is 10.6 Å². The molecule has 1 rings (SSSR count). The maximum Gasteiger partial charge on any atom is 0.326 e. The minimum atomic E-state index is -1.09. The first kappa shape index (κ1) is 23.9. The summed E-state index contributed by atoms with van der Waals surface area (Å²) < 4.78 is 0. The van der Waals surface area contributed by atoms with Gasteiger partial charge in [0.1, 0.15) is 12.1 Å². The molecular formula is C19H34N4O5. The number of hydrogen-bond acceptors (Lipinski definition) is 5. The molecule has 5 unspecified atom stereocenters. The number of nitrogens with zero attached hydrogens (tertiary/aromatic N) is 1. The third kappa shape index (κ3) is 6.19. The van der Waals surface area contributed by atoms with Crippen LogP contribution in [0.25, 0.3) is 0 Å². The monoisotopic (exact) mass is 398 g/mol. The van der Waals surface area contributed by atoms with Crippen LogP contribution < -0.4 is 16.4 Å². The Hall–Kier alpha value is -2.16. The Kier molecular flexibility index (Phi) is 9.37. The normalized spacial score (nSPS) is 20.8. The number of rotatable bonds is 10. The van der Waals surface area contributed by atoms with Gasteiger partial charge in [-0.2, -0.15) is 0 Å². The lowest BCUT2D eigenvalue weighted by molar-refractivity contribution is -0.145. The van der Waals surface area contributed by atoms with Crippen molar-refractivity contribution in [2.24, 2.45) is 17.6 Å². The molecule has 1 aliphatic heterocycles. The van der Waals surface area contributed by atoms with Crippen LogP contribution in [-0.4, -0.2) is 64.9 Å². The zero-order valence-corrected chi connectivity index (χ0v) is 17.2. The standard InChI is InChI=1S/C19H34N4O5/c1-5-11(3)15(20)18(26)21-10-14(24)23-9-7-8-13(23)17(25)22-16(19(27)28)12(4)6-2/h11-13,15-16H,5-10,20H2,1-4H3,(H,21,26)(H,22,25)(H,27,28). The van der Waals surface area contributed by atoms with Gasteiger partial charge in [0.25, 0.3) is 0 Å². The number of carboxylic acid groups (broad SMARTS) is 1. The first-order chi connectivity index (χ1) is 13.1. The lowest BCUT2D eigenvalue weighted by Crippen LogP contribution is -2.54. The van der Waals surface area contributed by atoms with E-state index in [0.29, 0.717) is 25.8 Å². The van der Waals surface area contributed by atoms with Gasteiger partial charge in [-0.3, -0.25) is 14.4 Å². The SMILES string of the molecule is CCC(C)C(N)C(=O)NCC(=O)N1CCCC1C(=O)NC(C(=O)O)C(C)CC. The minimum absolute atomic E-state index is 0.00563. The second-order valence-corrected chi connectivity index (χ2v) is 7.58. The van der Waals surface area contributed by atoms with Crippen molar-refractivity contribution in [1.29, 1.82) is 0 Å². The predicted molar refractivity (Wildman–Crippen MR) is 104 cm³/mol. The van der Waals surface area contributed by atoms with Gasteiger partial charge in [-0.1, -0.05) is 40.5 Å². The molecule has 1 heterocycles. The number of aliphatic carboxylic acids is 1. The van der Waals surface area contributed by atoms with Gasteiger partial charge in [0.2, 0.25) is 17.7 Å². The number of nitrogens with one attached hydrogen (secondary N) is 2. The molecule has 0 bridgehead atoms. The molecule has 0 spiro atoms. The van der Waals surface area contributed by atoms with Crippen LogP contribution in [0, 0.1) is 11.8 Å². The molecule has 160 valence electrons. The molecule has 1 saturated heterocycles. The van der Waals surface area contributed by atoms with Crippen molar-refractivity contribution in [2.75, 3.05) is 13.1 Å². The Balaban J connectivity index is 2.68. The lowest BCUT2D eigenvalue weighted by Gasteiger charge is -2.27. The Bertz CT molecular complexity index is 583.